The van der Waals surface area contributed by atoms with Gasteiger partial charge < -0.3 is 9.73 Å². The summed E-state index contributed by atoms with van der Waals surface area (Å²) in [4.78, 5) is 14.5. The third-order valence-corrected chi connectivity index (χ3v) is 7.63. The molecule has 1 saturated heterocycles. The normalized spacial score (nSPS) is 20.8. The van der Waals surface area contributed by atoms with E-state index < -0.39 is 9.84 Å². The second kappa shape index (κ2) is 8.36. The van der Waals surface area contributed by atoms with Crippen LogP contribution in [0, 0.1) is 0 Å². The number of amides is 1. The van der Waals surface area contributed by atoms with Crippen LogP contribution in [-0.2, 0) is 14.6 Å². The number of nitrogens with one attached hydrogen (secondary N) is 1. The lowest BCUT2D eigenvalue weighted by Crippen LogP contribution is -2.37. The molecule has 0 unspecified atom stereocenters. The predicted octanol–water partition coefficient (Wildman–Crippen LogP) is 2.28. The van der Waals surface area contributed by atoms with Crippen molar-refractivity contribution in [2.45, 2.75) is 56.2 Å². The Bertz CT molecular complexity index is 645. The average molecular weight is 368 g/mol. The highest BCUT2D eigenvalue weighted by Crippen LogP contribution is 2.26. The molecule has 1 atom stereocenters. The van der Waals surface area contributed by atoms with E-state index in [1.54, 1.807) is 6.26 Å². The van der Waals surface area contributed by atoms with Crippen LogP contribution in [0.4, 0.5) is 0 Å². The monoisotopic (exact) mass is 368 g/mol. The van der Waals surface area contributed by atoms with Crippen molar-refractivity contribution in [2.24, 2.45) is 0 Å². The first-order valence-electron chi connectivity index (χ1n) is 9.32. The quantitative estimate of drug-likeness (QED) is 0.761. The van der Waals surface area contributed by atoms with Crippen molar-refractivity contribution in [1.29, 1.82) is 0 Å². The van der Waals surface area contributed by atoms with E-state index in [1.807, 2.05) is 12.1 Å². The number of nitrogens with zero attached hydrogens (tertiary/aromatic N) is 1. The van der Waals surface area contributed by atoms with Crippen LogP contribution in [-0.4, -0.2) is 49.9 Å². The maximum absolute atomic E-state index is 12.3. The summed E-state index contributed by atoms with van der Waals surface area (Å²) >= 11 is 0. The Labute approximate surface area is 149 Å². The molecule has 0 aromatic carbocycles. The van der Waals surface area contributed by atoms with Gasteiger partial charge in [0.2, 0.25) is 5.91 Å². The van der Waals surface area contributed by atoms with Crippen molar-refractivity contribution in [1.82, 2.24) is 10.2 Å². The molecule has 140 valence electrons. The molecular weight excluding hydrogens is 340 g/mol. The van der Waals surface area contributed by atoms with E-state index >= 15 is 0 Å². The highest BCUT2D eigenvalue weighted by Gasteiger charge is 2.29. The fraction of sp³-hybridized carbons (Fsp3) is 0.722. The number of carbonyl (C=O) groups is 1. The maximum atomic E-state index is 12.3. The van der Waals surface area contributed by atoms with Crippen molar-refractivity contribution < 1.29 is 17.6 Å². The zero-order chi connectivity index (χ0) is 17.7. The first-order valence-corrected chi connectivity index (χ1v) is 11.0. The fourth-order valence-corrected chi connectivity index (χ4v) is 5.75. The van der Waals surface area contributed by atoms with Crippen LogP contribution in [0.15, 0.2) is 22.8 Å². The Morgan fingerprint density at radius 2 is 1.96 bits per heavy atom. The summed E-state index contributed by atoms with van der Waals surface area (Å²) < 4.78 is 30.1. The van der Waals surface area contributed by atoms with Gasteiger partial charge in [0.25, 0.3) is 0 Å². The smallest absolute Gasteiger partial charge is 0.221 e. The SMILES string of the molecule is O=C(CCS(=O)(=O)C1CCCC1)NC[C@@H](c1ccco1)N1CCCC1. The number of likely N-dealkylation sites (tertiary alicyclic amines) is 1. The number of rotatable bonds is 8. The molecule has 6 nitrogen and oxygen atoms in total. The van der Waals surface area contributed by atoms with Crippen LogP contribution in [0.25, 0.3) is 0 Å². The first kappa shape index (κ1) is 18.5. The van der Waals surface area contributed by atoms with Gasteiger partial charge in [-0.15, -0.1) is 0 Å². The molecular formula is C18H28N2O4S. The van der Waals surface area contributed by atoms with Gasteiger partial charge in [-0.05, 0) is 50.9 Å². The molecule has 0 bridgehead atoms. The molecule has 1 saturated carbocycles. The molecule has 1 N–H and O–H groups in total. The minimum atomic E-state index is -3.14. The summed E-state index contributed by atoms with van der Waals surface area (Å²) in [6, 6.07) is 3.81. The highest BCUT2D eigenvalue weighted by atomic mass is 32.2. The van der Waals surface area contributed by atoms with Gasteiger partial charge in [0.05, 0.1) is 23.3 Å². The molecule has 0 spiro atoms. The van der Waals surface area contributed by atoms with Crippen LogP contribution in [0.2, 0.25) is 0 Å². The minimum Gasteiger partial charge on any atom is -0.468 e. The summed E-state index contributed by atoms with van der Waals surface area (Å²) in [5.74, 6) is 0.608. The van der Waals surface area contributed by atoms with Gasteiger partial charge in [-0.3, -0.25) is 9.69 Å². The van der Waals surface area contributed by atoms with Crippen LogP contribution in [0.5, 0.6) is 0 Å². The molecule has 1 aliphatic heterocycles. The standard InChI is InChI=1S/C18H28N2O4S/c21-18(9-13-25(22,23)15-6-1-2-7-15)19-14-16(17-8-5-12-24-17)20-10-3-4-11-20/h5,8,12,15-16H,1-4,6-7,9-11,13-14H2,(H,19,21)/t16-/m0/s1. The van der Waals surface area contributed by atoms with Crippen LogP contribution < -0.4 is 5.32 Å². The van der Waals surface area contributed by atoms with E-state index in [4.69, 9.17) is 4.42 Å². The molecule has 1 amide bonds. The molecule has 25 heavy (non-hydrogen) atoms. The molecule has 0 radical (unpaired) electrons. The van der Waals surface area contributed by atoms with Gasteiger partial charge in [0.1, 0.15) is 5.76 Å². The third kappa shape index (κ3) is 4.85. The third-order valence-electron chi connectivity index (χ3n) is 5.37. The molecule has 2 fully saturated rings. The van der Waals surface area contributed by atoms with E-state index in [0.717, 1.165) is 57.4 Å². The lowest BCUT2D eigenvalue weighted by atomic mass is 10.2. The van der Waals surface area contributed by atoms with Crippen molar-refractivity contribution in [3.05, 3.63) is 24.2 Å². The van der Waals surface area contributed by atoms with Crippen molar-refractivity contribution in [3.63, 3.8) is 0 Å². The number of hydrogen-bond acceptors (Lipinski definition) is 5. The summed E-state index contributed by atoms with van der Waals surface area (Å²) in [5, 5.41) is 2.67. The van der Waals surface area contributed by atoms with Crippen LogP contribution in [0.1, 0.15) is 56.7 Å². The number of carbonyl (C=O) groups excluding carboxylic acids is 1. The molecule has 2 heterocycles. The van der Waals surface area contributed by atoms with Crippen molar-refractivity contribution in [3.8, 4) is 0 Å². The Morgan fingerprint density at radius 3 is 2.60 bits per heavy atom. The van der Waals surface area contributed by atoms with E-state index in [0.29, 0.717) is 6.54 Å². The Kier molecular flexibility index (Phi) is 6.17. The van der Waals surface area contributed by atoms with Gasteiger partial charge >= 0.3 is 0 Å². The first-order chi connectivity index (χ1) is 12.1. The molecule has 7 heteroatoms. The van der Waals surface area contributed by atoms with Crippen LogP contribution in [0.3, 0.4) is 0 Å². The number of sulfone groups is 1. The average Bonchev–Trinajstić information content (AvgIpc) is 3.35. The minimum absolute atomic E-state index is 0.0212. The van der Waals surface area contributed by atoms with Crippen LogP contribution >= 0.6 is 0 Å². The molecule has 1 aliphatic carbocycles. The van der Waals surface area contributed by atoms with E-state index in [2.05, 4.69) is 10.2 Å². The Hall–Kier alpha value is -1.34. The number of furan rings is 1. The highest BCUT2D eigenvalue weighted by molar-refractivity contribution is 7.92. The van der Waals surface area contributed by atoms with Crippen molar-refractivity contribution in [2.75, 3.05) is 25.4 Å². The summed E-state index contributed by atoms with van der Waals surface area (Å²) in [6.07, 6.45) is 7.47. The zero-order valence-corrected chi connectivity index (χ0v) is 15.5. The van der Waals surface area contributed by atoms with E-state index in [-0.39, 0.29) is 29.4 Å². The summed E-state index contributed by atoms with van der Waals surface area (Å²) in [6.45, 7) is 2.45. The molecule has 1 aromatic heterocycles. The second-order valence-corrected chi connectivity index (χ2v) is 9.50. The molecule has 2 aliphatic rings. The van der Waals surface area contributed by atoms with E-state index in [9.17, 15) is 13.2 Å². The summed E-state index contributed by atoms with van der Waals surface area (Å²) in [5.41, 5.74) is 0. The van der Waals surface area contributed by atoms with Gasteiger partial charge in [0, 0.05) is 13.0 Å². The Balaban J connectivity index is 1.49. The summed E-state index contributed by atoms with van der Waals surface area (Å²) in [7, 11) is -3.14. The lowest BCUT2D eigenvalue weighted by Gasteiger charge is -2.26. The molecule has 3 rings (SSSR count). The van der Waals surface area contributed by atoms with Gasteiger partial charge in [-0.25, -0.2) is 8.42 Å². The zero-order valence-electron chi connectivity index (χ0n) is 14.7. The van der Waals surface area contributed by atoms with Gasteiger partial charge in [-0.2, -0.15) is 0 Å². The fourth-order valence-electron chi connectivity index (χ4n) is 3.89. The largest absolute Gasteiger partial charge is 0.468 e. The maximum Gasteiger partial charge on any atom is 0.221 e. The molecule has 1 aromatic rings. The van der Waals surface area contributed by atoms with E-state index in [1.165, 1.54) is 0 Å². The number of hydrogen-bond donors (Lipinski definition) is 1. The topological polar surface area (TPSA) is 79.6 Å². The predicted molar refractivity (Wildman–Crippen MR) is 95.9 cm³/mol. The van der Waals surface area contributed by atoms with Gasteiger partial charge in [0.15, 0.2) is 9.84 Å². The second-order valence-electron chi connectivity index (χ2n) is 7.10. The van der Waals surface area contributed by atoms with Crippen molar-refractivity contribution >= 4 is 15.7 Å². The van der Waals surface area contributed by atoms with Gasteiger partial charge in [-0.1, -0.05) is 12.8 Å². The Morgan fingerprint density at radius 1 is 1.24 bits per heavy atom. The lowest BCUT2D eigenvalue weighted by molar-refractivity contribution is -0.121.